The van der Waals surface area contributed by atoms with Crippen LogP contribution < -0.4 is 4.74 Å². The van der Waals surface area contributed by atoms with Gasteiger partial charge in [-0.15, -0.1) is 0 Å². The van der Waals surface area contributed by atoms with Crippen molar-refractivity contribution in [2.75, 3.05) is 0 Å². The van der Waals surface area contributed by atoms with Gasteiger partial charge in [0.2, 0.25) is 5.90 Å². The number of carbonyl (C=O) groups is 2. The van der Waals surface area contributed by atoms with Gasteiger partial charge in [-0.25, -0.2) is 19.0 Å². The Balaban J connectivity index is 1.50. The van der Waals surface area contributed by atoms with Crippen molar-refractivity contribution < 1.29 is 23.5 Å². The van der Waals surface area contributed by atoms with E-state index in [0.29, 0.717) is 22.4 Å². The highest BCUT2D eigenvalue weighted by molar-refractivity contribution is 6.12. The number of carbonyl (C=O) groups excluding carboxylic acids is 2. The highest BCUT2D eigenvalue weighted by Crippen LogP contribution is 2.21. The van der Waals surface area contributed by atoms with Crippen molar-refractivity contribution in [3.8, 4) is 5.75 Å². The molecule has 0 aliphatic carbocycles. The fourth-order valence-electron chi connectivity index (χ4n) is 2.68. The van der Waals surface area contributed by atoms with Crippen LogP contribution in [0.25, 0.3) is 6.08 Å². The Bertz CT molecular complexity index is 1140. The minimum absolute atomic E-state index is 0.0501. The number of nitrogens with zero attached hydrogens (tertiary/aromatic N) is 1. The van der Waals surface area contributed by atoms with E-state index < -0.39 is 17.8 Å². The third kappa shape index (κ3) is 4.27. The van der Waals surface area contributed by atoms with Gasteiger partial charge in [-0.2, -0.15) is 0 Å². The predicted octanol–water partition coefficient (Wildman–Crippen LogP) is 4.39. The lowest BCUT2D eigenvalue weighted by molar-refractivity contribution is -0.129. The van der Waals surface area contributed by atoms with Crippen LogP contribution >= 0.6 is 0 Å². The van der Waals surface area contributed by atoms with E-state index in [-0.39, 0.29) is 11.6 Å². The van der Waals surface area contributed by atoms with E-state index in [4.69, 9.17) is 9.47 Å². The maximum atomic E-state index is 13.4. The zero-order valence-electron chi connectivity index (χ0n) is 15.0. The van der Waals surface area contributed by atoms with E-state index in [2.05, 4.69) is 4.99 Å². The second-order valence-electron chi connectivity index (χ2n) is 6.17. The van der Waals surface area contributed by atoms with Gasteiger partial charge in [-0.3, -0.25) is 0 Å². The minimum atomic E-state index is -0.621. The molecule has 0 unspecified atom stereocenters. The van der Waals surface area contributed by atoms with Crippen molar-refractivity contribution >= 4 is 23.9 Å². The summed E-state index contributed by atoms with van der Waals surface area (Å²) in [5.74, 6) is -1.10. The van der Waals surface area contributed by atoms with Gasteiger partial charge in [0, 0.05) is 5.56 Å². The predicted molar refractivity (Wildman–Crippen MR) is 105 cm³/mol. The molecule has 0 aromatic heterocycles. The van der Waals surface area contributed by atoms with E-state index in [1.165, 1.54) is 24.3 Å². The highest BCUT2D eigenvalue weighted by atomic mass is 19.1. The topological polar surface area (TPSA) is 65.0 Å². The van der Waals surface area contributed by atoms with Crippen LogP contribution in [-0.2, 0) is 9.53 Å². The third-order valence-corrected chi connectivity index (χ3v) is 4.10. The first-order chi connectivity index (χ1) is 14.1. The number of esters is 2. The van der Waals surface area contributed by atoms with Gasteiger partial charge in [0.15, 0.2) is 5.70 Å². The lowest BCUT2D eigenvalue weighted by Crippen LogP contribution is -2.07. The second-order valence-corrected chi connectivity index (χ2v) is 6.17. The normalized spacial score (nSPS) is 14.4. The molecule has 0 N–H and O–H groups in total. The number of cyclic esters (lactones) is 1. The summed E-state index contributed by atoms with van der Waals surface area (Å²) in [6.45, 7) is 0. The number of hydrogen-bond donors (Lipinski definition) is 0. The Morgan fingerprint density at radius 1 is 0.966 bits per heavy atom. The maximum Gasteiger partial charge on any atom is 0.363 e. The summed E-state index contributed by atoms with van der Waals surface area (Å²) < 4.78 is 23.8. The summed E-state index contributed by atoms with van der Waals surface area (Å²) >= 11 is 0. The molecule has 3 aromatic carbocycles. The van der Waals surface area contributed by atoms with E-state index in [1.807, 2.05) is 6.07 Å². The van der Waals surface area contributed by atoms with Gasteiger partial charge in [0.25, 0.3) is 0 Å². The molecule has 0 spiro atoms. The molecule has 0 amide bonds. The smallest absolute Gasteiger partial charge is 0.363 e. The molecule has 0 saturated carbocycles. The first-order valence-corrected chi connectivity index (χ1v) is 8.74. The SMILES string of the molecule is O=C1OC(c2cccc(F)c2)=N/C1=C\c1ccc(OC(=O)c2ccccc2)cc1. The van der Waals surface area contributed by atoms with Crippen molar-refractivity contribution in [3.63, 3.8) is 0 Å². The van der Waals surface area contributed by atoms with Crippen LogP contribution in [0.2, 0.25) is 0 Å². The van der Waals surface area contributed by atoms with Crippen LogP contribution in [0.3, 0.4) is 0 Å². The maximum absolute atomic E-state index is 13.4. The molecule has 0 atom stereocenters. The first-order valence-electron chi connectivity index (χ1n) is 8.74. The molecule has 142 valence electrons. The molecule has 0 saturated heterocycles. The van der Waals surface area contributed by atoms with Crippen molar-refractivity contribution in [2.24, 2.45) is 4.99 Å². The Morgan fingerprint density at radius 2 is 1.72 bits per heavy atom. The summed E-state index contributed by atoms with van der Waals surface area (Å²) in [6.07, 6.45) is 1.54. The Kier molecular flexibility index (Phi) is 4.99. The minimum Gasteiger partial charge on any atom is -0.423 e. The number of benzene rings is 3. The van der Waals surface area contributed by atoms with Crippen molar-refractivity contribution in [3.05, 3.63) is 107 Å². The van der Waals surface area contributed by atoms with Crippen molar-refractivity contribution in [1.82, 2.24) is 0 Å². The fourth-order valence-corrected chi connectivity index (χ4v) is 2.68. The first kappa shape index (κ1) is 18.3. The lowest BCUT2D eigenvalue weighted by Gasteiger charge is -2.04. The number of halogens is 1. The van der Waals surface area contributed by atoms with Crippen LogP contribution in [0.5, 0.6) is 5.75 Å². The molecule has 29 heavy (non-hydrogen) atoms. The fraction of sp³-hybridized carbons (Fsp3) is 0. The summed E-state index contributed by atoms with van der Waals surface area (Å²) in [7, 11) is 0. The highest BCUT2D eigenvalue weighted by Gasteiger charge is 2.24. The Hall–Kier alpha value is -4.06. The molecule has 0 bridgehead atoms. The number of aliphatic imine (C=N–C) groups is 1. The zero-order chi connectivity index (χ0) is 20.2. The van der Waals surface area contributed by atoms with Crippen LogP contribution in [0, 0.1) is 5.82 Å². The molecule has 3 aromatic rings. The zero-order valence-corrected chi connectivity index (χ0v) is 15.0. The van der Waals surface area contributed by atoms with Gasteiger partial charge in [-0.1, -0.05) is 36.4 Å². The molecule has 1 heterocycles. The Morgan fingerprint density at radius 3 is 2.45 bits per heavy atom. The molecule has 5 nitrogen and oxygen atoms in total. The largest absolute Gasteiger partial charge is 0.423 e. The number of ether oxygens (including phenoxy) is 2. The molecule has 0 radical (unpaired) electrons. The summed E-state index contributed by atoms with van der Waals surface area (Å²) in [6, 6.07) is 20.9. The Labute approximate surface area is 165 Å². The standard InChI is InChI=1S/C23H14FNO4/c24-18-8-4-7-17(14-18)21-25-20(23(27)29-21)13-15-9-11-19(12-10-15)28-22(26)16-5-2-1-3-6-16/h1-14H/b20-13-. The van der Waals surface area contributed by atoms with Gasteiger partial charge < -0.3 is 9.47 Å². The van der Waals surface area contributed by atoms with E-state index in [1.54, 1.807) is 54.6 Å². The average Bonchev–Trinajstić information content (AvgIpc) is 3.10. The third-order valence-electron chi connectivity index (χ3n) is 4.10. The summed E-state index contributed by atoms with van der Waals surface area (Å²) in [4.78, 5) is 28.3. The van der Waals surface area contributed by atoms with Gasteiger partial charge in [0.05, 0.1) is 5.56 Å². The molecule has 6 heteroatoms. The molecule has 0 fully saturated rings. The monoisotopic (exact) mass is 387 g/mol. The molecule has 4 rings (SSSR count). The van der Waals surface area contributed by atoms with Crippen molar-refractivity contribution in [2.45, 2.75) is 0 Å². The summed E-state index contributed by atoms with van der Waals surface area (Å²) in [5, 5.41) is 0. The molecular formula is C23H14FNO4. The van der Waals surface area contributed by atoms with E-state index in [0.717, 1.165) is 0 Å². The van der Waals surface area contributed by atoms with Crippen LogP contribution in [0.15, 0.2) is 89.6 Å². The number of hydrogen-bond acceptors (Lipinski definition) is 5. The van der Waals surface area contributed by atoms with Gasteiger partial charge >= 0.3 is 11.9 Å². The molecular weight excluding hydrogens is 373 g/mol. The van der Waals surface area contributed by atoms with Crippen molar-refractivity contribution in [1.29, 1.82) is 0 Å². The second kappa shape index (κ2) is 7.90. The summed E-state index contributed by atoms with van der Waals surface area (Å²) in [5.41, 5.74) is 1.59. The quantitative estimate of drug-likeness (QED) is 0.378. The van der Waals surface area contributed by atoms with Crippen LogP contribution in [-0.4, -0.2) is 17.8 Å². The number of rotatable bonds is 4. The van der Waals surface area contributed by atoms with Crippen LogP contribution in [0.4, 0.5) is 4.39 Å². The average molecular weight is 387 g/mol. The lowest BCUT2D eigenvalue weighted by atomic mass is 10.2. The van der Waals surface area contributed by atoms with Gasteiger partial charge in [-0.05, 0) is 54.1 Å². The molecule has 1 aliphatic rings. The van der Waals surface area contributed by atoms with E-state index >= 15 is 0 Å². The molecule has 1 aliphatic heterocycles. The van der Waals surface area contributed by atoms with Crippen LogP contribution in [0.1, 0.15) is 21.5 Å². The van der Waals surface area contributed by atoms with E-state index in [9.17, 15) is 14.0 Å². The van der Waals surface area contributed by atoms with Gasteiger partial charge in [0.1, 0.15) is 11.6 Å².